The lowest BCUT2D eigenvalue weighted by Gasteiger charge is -2.35. The maximum absolute atomic E-state index is 13.7. The van der Waals surface area contributed by atoms with Gasteiger partial charge in [-0.05, 0) is 24.1 Å². The minimum atomic E-state index is -1.35. The molecule has 0 bridgehead atoms. The Hall–Kier alpha value is -0.960. The van der Waals surface area contributed by atoms with E-state index in [9.17, 15) is 8.78 Å². The molecule has 1 aromatic rings. The molecule has 3 heteroatoms. The van der Waals surface area contributed by atoms with Crippen LogP contribution in [0.2, 0.25) is 0 Å². The van der Waals surface area contributed by atoms with Crippen LogP contribution in [-0.2, 0) is 5.67 Å². The van der Waals surface area contributed by atoms with Gasteiger partial charge in [0.05, 0.1) is 0 Å². The number of halogens is 2. The molecule has 0 amide bonds. The second-order valence-electron chi connectivity index (χ2n) is 3.53. The zero-order chi connectivity index (χ0) is 9.47. The van der Waals surface area contributed by atoms with Gasteiger partial charge in [0.1, 0.15) is 5.82 Å². The van der Waals surface area contributed by atoms with Crippen LogP contribution in [0.3, 0.4) is 0 Å². The summed E-state index contributed by atoms with van der Waals surface area (Å²) in [5, 5.41) is 2.84. The van der Waals surface area contributed by atoms with Gasteiger partial charge in [-0.3, -0.25) is 0 Å². The van der Waals surface area contributed by atoms with Gasteiger partial charge in [0.2, 0.25) is 0 Å². The minimum Gasteiger partial charge on any atom is -0.310 e. The van der Waals surface area contributed by atoms with Crippen molar-refractivity contribution >= 4 is 0 Å². The monoisotopic (exact) mass is 183 g/mol. The summed E-state index contributed by atoms with van der Waals surface area (Å²) in [4.78, 5) is 0. The number of benzene rings is 1. The Kier molecular flexibility index (Phi) is 1.84. The highest BCUT2D eigenvalue weighted by Gasteiger charge is 2.38. The van der Waals surface area contributed by atoms with Crippen LogP contribution >= 0.6 is 0 Å². The largest absolute Gasteiger partial charge is 0.310 e. The van der Waals surface area contributed by atoms with E-state index in [4.69, 9.17) is 0 Å². The van der Waals surface area contributed by atoms with Gasteiger partial charge >= 0.3 is 0 Å². The minimum absolute atomic E-state index is 0.287. The maximum atomic E-state index is 13.7. The normalized spacial score (nSPS) is 19.6. The fourth-order valence-electron chi connectivity index (χ4n) is 1.42. The summed E-state index contributed by atoms with van der Waals surface area (Å²) in [6.45, 7) is 2.24. The quantitative estimate of drug-likeness (QED) is 0.701. The van der Waals surface area contributed by atoms with Gasteiger partial charge in [0.15, 0.2) is 5.67 Å². The third-order valence-electron chi connectivity index (χ3n) is 2.50. The Labute approximate surface area is 75.8 Å². The van der Waals surface area contributed by atoms with Crippen LogP contribution in [0, 0.1) is 12.7 Å². The maximum Gasteiger partial charge on any atom is 0.160 e. The van der Waals surface area contributed by atoms with Crippen molar-refractivity contribution in [1.82, 2.24) is 5.32 Å². The molecule has 0 aliphatic carbocycles. The van der Waals surface area contributed by atoms with Crippen molar-refractivity contribution in [3.05, 3.63) is 35.1 Å². The van der Waals surface area contributed by atoms with Crippen molar-refractivity contribution in [3.8, 4) is 0 Å². The van der Waals surface area contributed by atoms with E-state index >= 15 is 0 Å². The first-order chi connectivity index (χ1) is 6.12. The fraction of sp³-hybridized carbons (Fsp3) is 0.400. The van der Waals surface area contributed by atoms with E-state index in [-0.39, 0.29) is 18.9 Å². The molecule has 1 aliphatic rings. The second-order valence-corrected chi connectivity index (χ2v) is 3.53. The molecule has 1 aromatic carbocycles. The summed E-state index contributed by atoms with van der Waals surface area (Å²) in [5.74, 6) is -0.332. The van der Waals surface area contributed by atoms with Gasteiger partial charge in [-0.25, -0.2) is 8.78 Å². The number of nitrogens with one attached hydrogen (secondary N) is 1. The van der Waals surface area contributed by atoms with Crippen LogP contribution < -0.4 is 5.32 Å². The molecule has 1 nitrogen and oxygen atoms in total. The number of hydrogen-bond acceptors (Lipinski definition) is 1. The Bertz CT molecular complexity index is 332. The number of rotatable bonds is 1. The summed E-state index contributed by atoms with van der Waals surface area (Å²) >= 11 is 0. The lowest BCUT2D eigenvalue weighted by Crippen LogP contribution is -2.53. The molecule has 13 heavy (non-hydrogen) atoms. The van der Waals surface area contributed by atoms with Crippen LogP contribution in [-0.4, -0.2) is 13.1 Å². The summed E-state index contributed by atoms with van der Waals surface area (Å²) in [6.07, 6.45) is 0. The molecule has 1 fully saturated rings. The number of aryl methyl sites for hydroxylation is 1. The van der Waals surface area contributed by atoms with Crippen LogP contribution in [0.1, 0.15) is 11.1 Å². The average Bonchev–Trinajstić information content (AvgIpc) is 2.06. The molecule has 0 atom stereocenters. The standard InChI is InChI=1S/C10H11F2N/c1-7-2-3-8(4-9(7)11)10(12)5-13-6-10/h2-4,13H,5-6H2,1H3. The van der Waals surface area contributed by atoms with Crippen LogP contribution in [0.25, 0.3) is 0 Å². The van der Waals surface area contributed by atoms with Crippen LogP contribution in [0.5, 0.6) is 0 Å². The van der Waals surface area contributed by atoms with E-state index in [0.717, 1.165) is 0 Å². The SMILES string of the molecule is Cc1ccc(C2(F)CNC2)cc1F. The molecule has 0 aromatic heterocycles. The first-order valence-corrected chi connectivity index (χ1v) is 4.28. The van der Waals surface area contributed by atoms with Gasteiger partial charge in [-0.15, -0.1) is 0 Å². The third-order valence-corrected chi connectivity index (χ3v) is 2.50. The van der Waals surface area contributed by atoms with E-state index in [1.54, 1.807) is 19.1 Å². The molecule has 1 heterocycles. The van der Waals surface area contributed by atoms with E-state index in [1.807, 2.05) is 0 Å². The predicted molar refractivity (Wildman–Crippen MR) is 46.8 cm³/mol. The van der Waals surface area contributed by atoms with Gasteiger partial charge in [0, 0.05) is 13.1 Å². The second kappa shape index (κ2) is 2.77. The Morgan fingerprint density at radius 1 is 1.38 bits per heavy atom. The highest BCUT2D eigenvalue weighted by atomic mass is 19.1. The van der Waals surface area contributed by atoms with Crippen molar-refractivity contribution in [2.45, 2.75) is 12.6 Å². The molecule has 0 radical (unpaired) electrons. The summed E-state index contributed by atoms with van der Waals surface area (Å²) < 4.78 is 26.8. The van der Waals surface area contributed by atoms with E-state index in [0.29, 0.717) is 11.1 Å². The van der Waals surface area contributed by atoms with Gasteiger partial charge in [-0.2, -0.15) is 0 Å². The molecule has 1 aliphatic heterocycles. The summed E-state index contributed by atoms with van der Waals surface area (Å²) in [5.41, 5.74) is -0.358. The summed E-state index contributed by atoms with van der Waals surface area (Å²) in [6, 6.07) is 4.56. The van der Waals surface area contributed by atoms with Crippen molar-refractivity contribution < 1.29 is 8.78 Å². The van der Waals surface area contributed by atoms with Crippen molar-refractivity contribution in [1.29, 1.82) is 0 Å². The molecule has 70 valence electrons. The highest BCUT2D eigenvalue weighted by molar-refractivity contribution is 5.30. The van der Waals surface area contributed by atoms with Crippen molar-refractivity contribution in [3.63, 3.8) is 0 Å². The Balaban J connectivity index is 2.36. The number of hydrogen-bond donors (Lipinski definition) is 1. The zero-order valence-electron chi connectivity index (χ0n) is 7.40. The fourth-order valence-corrected chi connectivity index (χ4v) is 1.42. The molecule has 0 saturated carbocycles. The van der Waals surface area contributed by atoms with E-state index in [2.05, 4.69) is 5.32 Å². The molecule has 2 rings (SSSR count). The molecular formula is C10H11F2N. The van der Waals surface area contributed by atoms with E-state index < -0.39 is 5.67 Å². The van der Waals surface area contributed by atoms with Gasteiger partial charge < -0.3 is 5.32 Å². The molecule has 0 unspecified atom stereocenters. The summed E-state index contributed by atoms with van der Waals surface area (Å²) in [7, 11) is 0. The first-order valence-electron chi connectivity index (χ1n) is 4.28. The Morgan fingerprint density at radius 2 is 2.08 bits per heavy atom. The molecule has 1 saturated heterocycles. The van der Waals surface area contributed by atoms with Gasteiger partial charge in [-0.1, -0.05) is 12.1 Å². The molecular weight excluding hydrogens is 172 g/mol. The molecule has 1 N–H and O–H groups in total. The molecule has 0 spiro atoms. The third kappa shape index (κ3) is 1.33. The van der Waals surface area contributed by atoms with Crippen LogP contribution in [0.4, 0.5) is 8.78 Å². The topological polar surface area (TPSA) is 12.0 Å². The predicted octanol–water partition coefficient (Wildman–Crippen LogP) is 1.90. The average molecular weight is 183 g/mol. The van der Waals surface area contributed by atoms with Crippen molar-refractivity contribution in [2.75, 3.05) is 13.1 Å². The Morgan fingerprint density at radius 3 is 2.54 bits per heavy atom. The van der Waals surface area contributed by atoms with Crippen LogP contribution in [0.15, 0.2) is 18.2 Å². The zero-order valence-corrected chi connectivity index (χ0v) is 7.40. The van der Waals surface area contributed by atoms with E-state index in [1.165, 1.54) is 6.07 Å². The van der Waals surface area contributed by atoms with Gasteiger partial charge in [0.25, 0.3) is 0 Å². The lowest BCUT2D eigenvalue weighted by molar-refractivity contribution is 0.0887. The highest BCUT2D eigenvalue weighted by Crippen LogP contribution is 2.30. The lowest BCUT2D eigenvalue weighted by atomic mass is 9.89. The first kappa shape index (κ1) is 8.63. The number of alkyl halides is 1. The van der Waals surface area contributed by atoms with Crippen molar-refractivity contribution in [2.24, 2.45) is 0 Å². The smallest absolute Gasteiger partial charge is 0.160 e.